The zero-order valence-corrected chi connectivity index (χ0v) is 10.9. The van der Waals surface area contributed by atoms with Crippen LogP contribution >= 0.6 is 11.6 Å². The van der Waals surface area contributed by atoms with Crippen molar-refractivity contribution in [2.75, 3.05) is 7.11 Å². The first kappa shape index (κ1) is 14.1. The highest BCUT2D eigenvalue weighted by molar-refractivity contribution is 6.30. The number of carbonyl (C=O) groups is 1. The molecule has 94 valence electrons. The number of rotatable bonds is 5. The zero-order valence-electron chi connectivity index (χ0n) is 10.2. The van der Waals surface area contributed by atoms with Gasteiger partial charge in [-0.05, 0) is 29.7 Å². The largest absolute Gasteiger partial charge is 0.373 e. The van der Waals surface area contributed by atoms with Crippen molar-refractivity contribution >= 4 is 17.4 Å². The Balaban J connectivity index is 2.83. The smallest absolute Gasteiger partial charge is 0.166 e. The van der Waals surface area contributed by atoms with Crippen molar-refractivity contribution in [2.24, 2.45) is 5.92 Å². The molecule has 0 aliphatic carbocycles. The van der Waals surface area contributed by atoms with Crippen LogP contribution in [0.4, 0.5) is 4.39 Å². The summed E-state index contributed by atoms with van der Waals surface area (Å²) >= 11 is 5.77. The van der Waals surface area contributed by atoms with Gasteiger partial charge in [-0.15, -0.1) is 0 Å². The standard InChI is InChI=1S/C13H16ClFO2/c1-8(2)13(17-3)12(16)7-9-6-10(14)4-5-11(9)15/h4-6,8,13H,7H2,1-3H3. The topological polar surface area (TPSA) is 26.3 Å². The summed E-state index contributed by atoms with van der Waals surface area (Å²) in [7, 11) is 1.48. The maximum absolute atomic E-state index is 13.4. The van der Waals surface area contributed by atoms with Crippen LogP contribution in [0.25, 0.3) is 0 Å². The number of halogens is 2. The Labute approximate surface area is 106 Å². The molecule has 1 aromatic carbocycles. The van der Waals surface area contributed by atoms with E-state index in [9.17, 15) is 9.18 Å². The fraction of sp³-hybridized carbons (Fsp3) is 0.462. The molecule has 4 heteroatoms. The molecule has 0 aromatic heterocycles. The second-order valence-corrected chi connectivity index (χ2v) is 4.72. The molecule has 0 amide bonds. The van der Waals surface area contributed by atoms with Crippen LogP contribution in [0, 0.1) is 11.7 Å². The fourth-order valence-corrected chi connectivity index (χ4v) is 1.94. The molecule has 0 saturated heterocycles. The number of benzene rings is 1. The van der Waals surface area contributed by atoms with Gasteiger partial charge in [0.05, 0.1) is 0 Å². The Bertz CT molecular complexity index is 404. The van der Waals surface area contributed by atoms with E-state index >= 15 is 0 Å². The van der Waals surface area contributed by atoms with Crippen molar-refractivity contribution in [3.8, 4) is 0 Å². The first-order valence-corrected chi connectivity index (χ1v) is 5.83. The third-order valence-corrected chi connectivity index (χ3v) is 2.78. The van der Waals surface area contributed by atoms with Gasteiger partial charge in [-0.3, -0.25) is 4.79 Å². The highest BCUT2D eigenvalue weighted by atomic mass is 35.5. The summed E-state index contributed by atoms with van der Waals surface area (Å²) in [6.07, 6.45) is -0.503. The van der Waals surface area contributed by atoms with Gasteiger partial charge in [0.15, 0.2) is 5.78 Å². The Kier molecular flexibility index (Phi) is 5.09. The summed E-state index contributed by atoms with van der Waals surface area (Å²) in [6.45, 7) is 3.78. The SMILES string of the molecule is COC(C(=O)Cc1cc(Cl)ccc1F)C(C)C. The van der Waals surface area contributed by atoms with Gasteiger partial charge >= 0.3 is 0 Å². The summed E-state index contributed by atoms with van der Waals surface area (Å²) < 4.78 is 18.6. The summed E-state index contributed by atoms with van der Waals surface area (Å²) in [4.78, 5) is 11.9. The van der Waals surface area contributed by atoms with Crippen LogP contribution in [-0.2, 0) is 16.0 Å². The molecule has 1 rings (SSSR count). The second-order valence-electron chi connectivity index (χ2n) is 4.28. The summed E-state index contributed by atoms with van der Waals surface area (Å²) in [6, 6.07) is 4.20. The molecule has 17 heavy (non-hydrogen) atoms. The van der Waals surface area contributed by atoms with Gasteiger partial charge in [0, 0.05) is 18.6 Å². The van der Waals surface area contributed by atoms with Crippen molar-refractivity contribution in [3.63, 3.8) is 0 Å². The minimum absolute atomic E-state index is 0.00306. The van der Waals surface area contributed by atoms with Crippen LogP contribution in [0.2, 0.25) is 5.02 Å². The lowest BCUT2D eigenvalue weighted by atomic mass is 9.97. The third-order valence-electron chi connectivity index (χ3n) is 2.55. The van der Waals surface area contributed by atoms with Gasteiger partial charge in [0.25, 0.3) is 0 Å². The molecule has 0 radical (unpaired) electrons. The van der Waals surface area contributed by atoms with Crippen LogP contribution < -0.4 is 0 Å². The van der Waals surface area contributed by atoms with Crippen molar-refractivity contribution < 1.29 is 13.9 Å². The van der Waals surface area contributed by atoms with E-state index in [1.165, 1.54) is 25.3 Å². The van der Waals surface area contributed by atoms with E-state index in [2.05, 4.69) is 0 Å². The third kappa shape index (κ3) is 3.79. The number of ketones is 1. The van der Waals surface area contributed by atoms with E-state index in [1.54, 1.807) is 0 Å². The summed E-state index contributed by atoms with van der Waals surface area (Å²) in [5.41, 5.74) is 0.310. The van der Waals surface area contributed by atoms with Gasteiger partial charge in [0.1, 0.15) is 11.9 Å². The van der Waals surface area contributed by atoms with Crippen molar-refractivity contribution in [3.05, 3.63) is 34.6 Å². The molecule has 0 spiro atoms. The van der Waals surface area contributed by atoms with Crippen LogP contribution in [0.3, 0.4) is 0 Å². The molecular formula is C13H16ClFO2. The molecule has 0 N–H and O–H groups in total. The molecular weight excluding hydrogens is 243 g/mol. The summed E-state index contributed by atoms with van der Waals surface area (Å²) in [5.74, 6) is -0.486. The molecule has 2 nitrogen and oxygen atoms in total. The van der Waals surface area contributed by atoms with Gasteiger partial charge in [0.2, 0.25) is 0 Å². The van der Waals surface area contributed by atoms with Gasteiger partial charge in [-0.1, -0.05) is 25.4 Å². The van der Waals surface area contributed by atoms with E-state index in [-0.39, 0.29) is 18.1 Å². The Hall–Kier alpha value is -0.930. The molecule has 0 fully saturated rings. The molecule has 1 unspecified atom stereocenters. The lowest BCUT2D eigenvalue weighted by Gasteiger charge is -2.17. The lowest BCUT2D eigenvalue weighted by Crippen LogP contribution is -2.30. The predicted molar refractivity (Wildman–Crippen MR) is 65.8 cm³/mol. The highest BCUT2D eigenvalue weighted by Crippen LogP contribution is 2.17. The number of hydrogen-bond acceptors (Lipinski definition) is 2. The number of ether oxygens (including phenoxy) is 1. The van der Waals surface area contributed by atoms with Crippen molar-refractivity contribution in [1.29, 1.82) is 0 Å². The van der Waals surface area contributed by atoms with Crippen molar-refractivity contribution in [1.82, 2.24) is 0 Å². The predicted octanol–water partition coefficient (Wildman–Crippen LogP) is 3.26. The average Bonchev–Trinajstić information content (AvgIpc) is 2.24. The molecule has 0 bridgehead atoms. The number of hydrogen-bond donors (Lipinski definition) is 0. The summed E-state index contributed by atoms with van der Waals surface area (Å²) in [5, 5.41) is 0.424. The van der Waals surface area contributed by atoms with E-state index in [0.717, 1.165) is 0 Å². The minimum Gasteiger partial charge on any atom is -0.373 e. The number of Topliss-reactive ketones (excluding diaryl/α,β-unsaturated/α-hetero) is 1. The van der Waals surface area contributed by atoms with Gasteiger partial charge < -0.3 is 4.74 Å². The maximum Gasteiger partial charge on any atom is 0.166 e. The van der Waals surface area contributed by atoms with E-state index in [4.69, 9.17) is 16.3 Å². The monoisotopic (exact) mass is 258 g/mol. The van der Waals surface area contributed by atoms with Gasteiger partial charge in [-0.2, -0.15) is 0 Å². The van der Waals surface area contributed by atoms with E-state index in [0.29, 0.717) is 10.6 Å². The first-order valence-electron chi connectivity index (χ1n) is 5.45. The van der Waals surface area contributed by atoms with Crippen LogP contribution in [0.5, 0.6) is 0 Å². The Morgan fingerprint density at radius 2 is 2.12 bits per heavy atom. The normalized spacial score (nSPS) is 12.8. The highest BCUT2D eigenvalue weighted by Gasteiger charge is 2.22. The Morgan fingerprint density at radius 1 is 1.47 bits per heavy atom. The van der Waals surface area contributed by atoms with E-state index < -0.39 is 11.9 Å². The second kappa shape index (κ2) is 6.12. The van der Waals surface area contributed by atoms with Crippen LogP contribution in [-0.4, -0.2) is 19.0 Å². The Morgan fingerprint density at radius 3 is 2.65 bits per heavy atom. The van der Waals surface area contributed by atoms with E-state index in [1.807, 2.05) is 13.8 Å². The number of methoxy groups -OCH3 is 1. The van der Waals surface area contributed by atoms with Gasteiger partial charge in [-0.25, -0.2) is 4.39 Å². The van der Waals surface area contributed by atoms with Crippen molar-refractivity contribution in [2.45, 2.75) is 26.4 Å². The molecule has 1 aromatic rings. The zero-order chi connectivity index (χ0) is 13.0. The number of carbonyl (C=O) groups excluding carboxylic acids is 1. The van der Waals surface area contributed by atoms with Crippen LogP contribution in [0.15, 0.2) is 18.2 Å². The lowest BCUT2D eigenvalue weighted by molar-refractivity contribution is -0.130. The minimum atomic E-state index is -0.506. The molecule has 0 aliphatic rings. The molecule has 0 heterocycles. The molecule has 1 atom stereocenters. The fourth-order valence-electron chi connectivity index (χ4n) is 1.74. The molecule has 0 saturated carbocycles. The molecule has 0 aliphatic heterocycles. The first-order chi connectivity index (χ1) is 7.95. The maximum atomic E-state index is 13.4. The van der Waals surface area contributed by atoms with Crippen LogP contribution in [0.1, 0.15) is 19.4 Å². The average molecular weight is 259 g/mol. The quantitative estimate of drug-likeness (QED) is 0.810.